The number of ketones is 1. The maximum atomic E-state index is 11.7. The molecule has 0 aliphatic carbocycles. The molecule has 0 saturated heterocycles. The fourth-order valence-corrected chi connectivity index (χ4v) is 1.33. The van der Waals surface area contributed by atoms with Crippen LogP contribution in [0, 0.1) is 0 Å². The summed E-state index contributed by atoms with van der Waals surface area (Å²) >= 11 is 5.94. The fourth-order valence-electron chi connectivity index (χ4n) is 1.15. The second kappa shape index (κ2) is 6.30. The van der Waals surface area contributed by atoms with Gasteiger partial charge in [-0.1, -0.05) is 23.7 Å². The molecule has 0 N–H and O–H groups in total. The van der Waals surface area contributed by atoms with Crippen molar-refractivity contribution in [3.8, 4) is 5.75 Å². The molecule has 0 spiro atoms. The number of hydrogen-bond acceptors (Lipinski definition) is 3. The van der Waals surface area contributed by atoms with Crippen LogP contribution >= 0.6 is 11.6 Å². The molecule has 3 nitrogen and oxygen atoms in total. The highest BCUT2D eigenvalue weighted by Crippen LogP contribution is 2.24. The fraction of sp³-hybridized carbons (Fsp3) is 0.308. The van der Waals surface area contributed by atoms with Crippen molar-refractivity contribution >= 4 is 17.4 Å². The average molecular weight is 254 g/mol. The molecule has 1 aromatic carbocycles. The number of halogens is 1. The highest BCUT2D eigenvalue weighted by atomic mass is 35.5. The molecule has 1 rings (SSSR count). The SMILES string of the molecule is CC(Oc1ccccc1Cl)C(=O)/C=C\N(C)C. The van der Waals surface area contributed by atoms with E-state index in [4.69, 9.17) is 16.3 Å². The summed E-state index contributed by atoms with van der Waals surface area (Å²) in [7, 11) is 3.70. The number of hydrogen-bond donors (Lipinski definition) is 0. The lowest BCUT2D eigenvalue weighted by molar-refractivity contribution is -0.120. The minimum absolute atomic E-state index is 0.0985. The molecule has 0 saturated carbocycles. The van der Waals surface area contributed by atoms with Crippen LogP contribution in [0.2, 0.25) is 5.02 Å². The van der Waals surface area contributed by atoms with Crippen LogP contribution in [0.3, 0.4) is 0 Å². The zero-order chi connectivity index (χ0) is 12.8. The standard InChI is InChI=1S/C13H16ClNO2/c1-10(12(16)8-9-15(2)3)17-13-7-5-4-6-11(13)14/h4-10H,1-3H3/b9-8-. The van der Waals surface area contributed by atoms with Crippen LogP contribution in [0.25, 0.3) is 0 Å². The van der Waals surface area contributed by atoms with Crippen molar-refractivity contribution < 1.29 is 9.53 Å². The van der Waals surface area contributed by atoms with E-state index in [0.29, 0.717) is 10.8 Å². The van der Waals surface area contributed by atoms with Gasteiger partial charge in [0.15, 0.2) is 11.9 Å². The van der Waals surface area contributed by atoms with Gasteiger partial charge in [-0.2, -0.15) is 0 Å². The van der Waals surface area contributed by atoms with E-state index in [1.165, 1.54) is 6.08 Å². The van der Waals surface area contributed by atoms with E-state index in [1.807, 2.05) is 26.2 Å². The van der Waals surface area contributed by atoms with Gasteiger partial charge < -0.3 is 9.64 Å². The third kappa shape index (κ3) is 4.49. The van der Waals surface area contributed by atoms with Crippen LogP contribution in [-0.4, -0.2) is 30.9 Å². The van der Waals surface area contributed by atoms with Crippen molar-refractivity contribution in [3.63, 3.8) is 0 Å². The Bertz CT molecular complexity index is 416. The van der Waals surface area contributed by atoms with Gasteiger partial charge in [-0.3, -0.25) is 4.79 Å². The monoisotopic (exact) mass is 253 g/mol. The van der Waals surface area contributed by atoms with Gasteiger partial charge >= 0.3 is 0 Å². The van der Waals surface area contributed by atoms with Gasteiger partial charge in [-0.25, -0.2) is 0 Å². The minimum Gasteiger partial charge on any atom is -0.481 e. The first-order valence-corrected chi connectivity index (χ1v) is 5.68. The third-order valence-electron chi connectivity index (χ3n) is 2.08. The predicted molar refractivity (Wildman–Crippen MR) is 69.4 cm³/mol. The van der Waals surface area contributed by atoms with Gasteiger partial charge in [-0.15, -0.1) is 0 Å². The lowest BCUT2D eigenvalue weighted by Gasteiger charge is -2.13. The molecule has 92 valence electrons. The van der Waals surface area contributed by atoms with E-state index < -0.39 is 6.10 Å². The Morgan fingerprint density at radius 3 is 2.65 bits per heavy atom. The zero-order valence-electron chi connectivity index (χ0n) is 10.2. The highest BCUT2D eigenvalue weighted by Gasteiger charge is 2.13. The van der Waals surface area contributed by atoms with E-state index in [2.05, 4.69) is 0 Å². The first-order chi connectivity index (χ1) is 8.00. The second-order valence-electron chi connectivity index (χ2n) is 3.87. The Morgan fingerprint density at radius 2 is 2.06 bits per heavy atom. The summed E-state index contributed by atoms with van der Waals surface area (Å²) in [6, 6.07) is 7.09. The van der Waals surface area contributed by atoms with Crippen LogP contribution in [-0.2, 0) is 4.79 Å². The molecule has 0 aliphatic rings. The smallest absolute Gasteiger partial charge is 0.197 e. The number of para-hydroxylation sites is 1. The van der Waals surface area contributed by atoms with E-state index >= 15 is 0 Å². The molecule has 0 amide bonds. The molecule has 0 radical (unpaired) electrons. The normalized spacial score (nSPS) is 12.5. The summed E-state index contributed by atoms with van der Waals surface area (Å²) in [5, 5.41) is 0.503. The van der Waals surface area contributed by atoms with Crippen molar-refractivity contribution in [2.45, 2.75) is 13.0 Å². The number of ether oxygens (including phenoxy) is 1. The van der Waals surface area contributed by atoms with Crippen molar-refractivity contribution in [2.24, 2.45) is 0 Å². The first-order valence-electron chi connectivity index (χ1n) is 5.30. The summed E-state index contributed by atoms with van der Waals surface area (Å²) in [6.45, 7) is 1.70. The summed E-state index contributed by atoms with van der Waals surface area (Å²) in [5.41, 5.74) is 0. The molecule has 0 heterocycles. The number of carbonyl (C=O) groups excluding carboxylic acids is 1. The molecule has 0 aromatic heterocycles. The average Bonchev–Trinajstić information content (AvgIpc) is 2.28. The van der Waals surface area contributed by atoms with Gasteiger partial charge in [0.2, 0.25) is 0 Å². The Hall–Kier alpha value is -1.48. The Morgan fingerprint density at radius 1 is 1.41 bits per heavy atom. The zero-order valence-corrected chi connectivity index (χ0v) is 10.9. The van der Waals surface area contributed by atoms with Crippen LogP contribution in [0.4, 0.5) is 0 Å². The maximum Gasteiger partial charge on any atom is 0.197 e. The Kier molecular flexibility index (Phi) is 5.04. The number of carbonyl (C=O) groups is 1. The number of nitrogens with zero attached hydrogens (tertiary/aromatic N) is 1. The summed E-state index contributed by atoms with van der Waals surface area (Å²) in [5.74, 6) is 0.423. The minimum atomic E-state index is -0.550. The largest absolute Gasteiger partial charge is 0.481 e. The number of rotatable bonds is 5. The van der Waals surface area contributed by atoms with E-state index in [0.717, 1.165) is 0 Å². The van der Waals surface area contributed by atoms with Gasteiger partial charge in [0, 0.05) is 26.4 Å². The van der Waals surface area contributed by atoms with Crippen LogP contribution in [0.15, 0.2) is 36.5 Å². The molecule has 0 fully saturated rings. The molecular formula is C13H16ClNO2. The van der Waals surface area contributed by atoms with Crippen LogP contribution in [0.1, 0.15) is 6.92 Å². The van der Waals surface area contributed by atoms with Crippen LogP contribution in [0.5, 0.6) is 5.75 Å². The van der Waals surface area contributed by atoms with Gasteiger partial charge in [0.25, 0.3) is 0 Å². The topological polar surface area (TPSA) is 29.5 Å². The van der Waals surface area contributed by atoms with E-state index in [9.17, 15) is 4.79 Å². The van der Waals surface area contributed by atoms with Crippen molar-refractivity contribution in [1.82, 2.24) is 4.90 Å². The molecule has 0 bridgehead atoms. The molecule has 0 aliphatic heterocycles. The van der Waals surface area contributed by atoms with Gasteiger partial charge in [0.1, 0.15) is 5.75 Å². The molecule has 1 atom stereocenters. The summed E-state index contributed by atoms with van der Waals surface area (Å²) in [6.07, 6.45) is 2.63. The van der Waals surface area contributed by atoms with Crippen molar-refractivity contribution in [2.75, 3.05) is 14.1 Å². The molecule has 1 aromatic rings. The van der Waals surface area contributed by atoms with Crippen LogP contribution < -0.4 is 4.74 Å². The molecule has 4 heteroatoms. The lowest BCUT2D eigenvalue weighted by Crippen LogP contribution is -2.22. The second-order valence-corrected chi connectivity index (χ2v) is 4.28. The predicted octanol–water partition coefficient (Wildman–Crippen LogP) is 2.75. The van der Waals surface area contributed by atoms with Gasteiger partial charge in [-0.05, 0) is 19.1 Å². The van der Waals surface area contributed by atoms with Crippen molar-refractivity contribution in [3.05, 3.63) is 41.6 Å². The summed E-state index contributed by atoms with van der Waals surface area (Å²) < 4.78 is 5.49. The lowest BCUT2D eigenvalue weighted by atomic mass is 10.2. The quantitative estimate of drug-likeness (QED) is 0.756. The molecule has 17 heavy (non-hydrogen) atoms. The third-order valence-corrected chi connectivity index (χ3v) is 2.39. The van der Waals surface area contributed by atoms with E-state index in [1.54, 1.807) is 30.2 Å². The molecular weight excluding hydrogens is 238 g/mol. The Balaban J connectivity index is 2.63. The van der Waals surface area contributed by atoms with E-state index in [-0.39, 0.29) is 5.78 Å². The summed E-state index contributed by atoms with van der Waals surface area (Å²) in [4.78, 5) is 13.5. The maximum absolute atomic E-state index is 11.7. The number of benzene rings is 1. The first kappa shape index (κ1) is 13.6. The Labute approximate surface area is 107 Å². The van der Waals surface area contributed by atoms with Crippen molar-refractivity contribution in [1.29, 1.82) is 0 Å². The molecule has 1 unspecified atom stereocenters. The highest BCUT2D eigenvalue weighted by molar-refractivity contribution is 6.32. The van der Waals surface area contributed by atoms with Gasteiger partial charge in [0.05, 0.1) is 5.02 Å².